The minimum Gasteiger partial charge on any atom is -0.377 e. The molecule has 4 N–H and O–H groups in total. The first-order chi connectivity index (χ1) is 9.86. The molecule has 0 aromatic heterocycles. The maximum atomic E-state index is 8.53. The molecule has 1 aromatic rings. The molecule has 0 aliphatic carbocycles. The van der Waals surface area contributed by atoms with Gasteiger partial charge in [-0.15, -0.1) is 0 Å². The average Bonchev–Trinajstić information content (AvgIpc) is 2.57. The average molecular weight is 288 g/mol. The predicted octanol–water partition coefficient (Wildman–Crippen LogP) is 4.51. The SMILES string of the molecule is CC.CC.CC.CC.OCNc1ccc(NCO)cc1. The van der Waals surface area contributed by atoms with Crippen LogP contribution in [0.25, 0.3) is 0 Å². The van der Waals surface area contributed by atoms with Gasteiger partial charge in [-0.05, 0) is 24.3 Å². The summed E-state index contributed by atoms with van der Waals surface area (Å²) in [5, 5.41) is 22.5. The molecular formula is C16H36N2O2. The highest BCUT2D eigenvalue weighted by Crippen LogP contribution is 2.12. The highest BCUT2D eigenvalue weighted by Gasteiger charge is 1.90. The van der Waals surface area contributed by atoms with Gasteiger partial charge in [-0.25, -0.2) is 0 Å². The van der Waals surface area contributed by atoms with Crippen LogP contribution in [0.4, 0.5) is 11.4 Å². The summed E-state index contributed by atoms with van der Waals surface area (Å²) < 4.78 is 0. The second-order valence-electron chi connectivity index (χ2n) is 2.25. The number of hydrogen-bond acceptors (Lipinski definition) is 4. The van der Waals surface area contributed by atoms with Crippen molar-refractivity contribution in [2.45, 2.75) is 55.4 Å². The van der Waals surface area contributed by atoms with Gasteiger partial charge in [0.25, 0.3) is 0 Å². The molecule has 0 bridgehead atoms. The fourth-order valence-electron chi connectivity index (χ4n) is 0.889. The molecule has 0 amide bonds. The quantitative estimate of drug-likeness (QED) is 0.615. The molecule has 0 heterocycles. The van der Waals surface area contributed by atoms with Crippen molar-refractivity contribution in [1.82, 2.24) is 0 Å². The number of hydrogen-bond donors (Lipinski definition) is 4. The largest absolute Gasteiger partial charge is 0.377 e. The van der Waals surface area contributed by atoms with Crippen LogP contribution in [0, 0.1) is 0 Å². The van der Waals surface area contributed by atoms with Crippen LogP contribution in [0.15, 0.2) is 24.3 Å². The fraction of sp³-hybridized carbons (Fsp3) is 0.625. The molecule has 122 valence electrons. The van der Waals surface area contributed by atoms with Gasteiger partial charge in [-0.1, -0.05) is 55.4 Å². The third kappa shape index (κ3) is 19.1. The Morgan fingerprint density at radius 3 is 0.950 bits per heavy atom. The molecule has 0 saturated carbocycles. The topological polar surface area (TPSA) is 64.5 Å². The van der Waals surface area contributed by atoms with Crippen LogP contribution < -0.4 is 10.6 Å². The molecule has 0 spiro atoms. The summed E-state index contributed by atoms with van der Waals surface area (Å²) in [4.78, 5) is 0. The van der Waals surface area contributed by atoms with Crippen LogP contribution >= 0.6 is 0 Å². The first kappa shape index (κ1) is 27.1. The lowest BCUT2D eigenvalue weighted by molar-refractivity contribution is 0.325. The number of anilines is 2. The van der Waals surface area contributed by atoms with Gasteiger partial charge < -0.3 is 20.8 Å². The lowest BCUT2D eigenvalue weighted by atomic mass is 10.3. The van der Waals surface area contributed by atoms with Crippen molar-refractivity contribution in [2.75, 3.05) is 24.1 Å². The van der Waals surface area contributed by atoms with Gasteiger partial charge in [0.15, 0.2) is 0 Å². The van der Waals surface area contributed by atoms with Crippen molar-refractivity contribution in [1.29, 1.82) is 0 Å². The maximum Gasteiger partial charge on any atom is 0.113 e. The molecule has 0 fully saturated rings. The van der Waals surface area contributed by atoms with E-state index in [2.05, 4.69) is 10.6 Å². The minimum atomic E-state index is -0.0766. The summed E-state index contributed by atoms with van der Waals surface area (Å²) in [6.07, 6.45) is 0. The normalized spacial score (nSPS) is 6.90. The van der Waals surface area contributed by atoms with Crippen LogP contribution in [0.1, 0.15) is 55.4 Å². The Morgan fingerprint density at radius 1 is 0.600 bits per heavy atom. The summed E-state index contributed by atoms with van der Waals surface area (Å²) in [7, 11) is 0. The van der Waals surface area contributed by atoms with E-state index in [1.54, 1.807) is 0 Å². The Labute approximate surface area is 126 Å². The number of benzene rings is 1. The number of rotatable bonds is 4. The van der Waals surface area contributed by atoms with E-state index in [0.29, 0.717) is 0 Å². The van der Waals surface area contributed by atoms with Crippen LogP contribution in [-0.4, -0.2) is 23.7 Å². The summed E-state index contributed by atoms with van der Waals surface area (Å²) in [6, 6.07) is 7.25. The smallest absolute Gasteiger partial charge is 0.113 e. The van der Waals surface area contributed by atoms with E-state index in [0.717, 1.165) is 11.4 Å². The highest BCUT2D eigenvalue weighted by molar-refractivity contribution is 5.53. The molecule has 1 aromatic carbocycles. The molecule has 0 radical (unpaired) electrons. The van der Waals surface area contributed by atoms with Gasteiger partial charge in [-0.3, -0.25) is 0 Å². The Balaban J connectivity index is -0.000000138. The molecule has 20 heavy (non-hydrogen) atoms. The molecule has 4 heteroatoms. The van der Waals surface area contributed by atoms with Crippen molar-refractivity contribution in [3.05, 3.63) is 24.3 Å². The minimum absolute atomic E-state index is 0.0766. The second kappa shape index (κ2) is 30.6. The van der Waals surface area contributed by atoms with Gasteiger partial charge in [-0.2, -0.15) is 0 Å². The molecule has 0 saturated heterocycles. The number of aliphatic hydroxyl groups excluding tert-OH is 2. The molecule has 0 atom stereocenters. The van der Waals surface area contributed by atoms with E-state index in [9.17, 15) is 0 Å². The van der Waals surface area contributed by atoms with Gasteiger partial charge in [0.05, 0.1) is 0 Å². The first-order valence-electron chi connectivity index (χ1n) is 7.66. The second-order valence-corrected chi connectivity index (χ2v) is 2.25. The maximum absolute atomic E-state index is 8.53. The Bertz CT molecular complexity index is 201. The monoisotopic (exact) mass is 288 g/mol. The van der Waals surface area contributed by atoms with E-state index < -0.39 is 0 Å². The Morgan fingerprint density at radius 2 is 0.800 bits per heavy atom. The first-order valence-corrected chi connectivity index (χ1v) is 7.66. The van der Waals surface area contributed by atoms with Crippen LogP contribution in [-0.2, 0) is 0 Å². The fourth-order valence-corrected chi connectivity index (χ4v) is 0.889. The van der Waals surface area contributed by atoms with Crippen LogP contribution in [0.5, 0.6) is 0 Å². The lowest BCUT2D eigenvalue weighted by Gasteiger charge is -2.04. The van der Waals surface area contributed by atoms with E-state index in [1.165, 1.54) is 0 Å². The van der Waals surface area contributed by atoms with E-state index in [4.69, 9.17) is 10.2 Å². The molecule has 1 rings (SSSR count). The third-order valence-electron chi connectivity index (χ3n) is 1.45. The van der Waals surface area contributed by atoms with Gasteiger partial charge >= 0.3 is 0 Å². The molecule has 4 nitrogen and oxygen atoms in total. The van der Waals surface area contributed by atoms with Crippen molar-refractivity contribution >= 4 is 11.4 Å². The van der Waals surface area contributed by atoms with Gasteiger partial charge in [0.2, 0.25) is 0 Å². The zero-order valence-corrected chi connectivity index (χ0v) is 14.6. The van der Waals surface area contributed by atoms with Crippen molar-refractivity contribution in [2.24, 2.45) is 0 Å². The zero-order valence-electron chi connectivity index (χ0n) is 14.6. The number of nitrogens with one attached hydrogen (secondary N) is 2. The van der Waals surface area contributed by atoms with E-state index in [1.807, 2.05) is 79.7 Å². The summed E-state index contributed by atoms with van der Waals surface area (Å²) >= 11 is 0. The molecule has 0 unspecified atom stereocenters. The van der Waals surface area contributed by atoms with Crippen molar-refractivity contribution in [3.8, 4) is 0 Å². The molecule has 0 aliphatic rings. The Kier molecular flexibility index (Phi) is 41.6. The third-order valence-corrected chi connectivity index (χ3v) is 1.45. The standard InChI is InChI=1S/C8H12N2O2.4C2H6/c11-5-9-7-1-2-8(4-3-7)10-6-12;4*1-2/h1-4,9-12H,5-6H2;4*1-2H3. The van der Waals surface area contributed by atoms with Crippen molar-refractivity contribution < 1.29 is 10.2 Å². The highest BCUT2D eigenvalue weighted by atomic mass is 16.3. The summed E-state index contributed by atoms with van der Waals surface area (Å²) in [5.41, 5.74) is 1.70. The van der Waals surface area contributed by atoms with Crippen LogP contribution in [0.3, 0.4) is 0 Å². The summed E-state index contributed by atoms with van der Waals surface area (Å²) in [5.74, 6) is 0. The van der Waals surface area contributed by atoms with Crippen molar-refractivity contribution in [3.63, 3.8) is 0 Å². The van der Waals surface area contributed by atoms with E-state index >= 15 is 0 Å². The Hall–Kier alpha value is -1.26. The lowest BCUT2D eigenvalue weighted by Crippen LogP contribution is -2.01. The summed E-state index contributed by atoms with van der Waals surface area (Å²) in [6.45, 7) is 15.8. The zero-order chi connectivity index (χ0) is 16.8. The molecular weight excluding hydrogens is 252 g/mol. The van der Waals surface area contributed by atoms with Gasteiger partial charge in [0, 0.05) is 11.4 Å². The van der Waals surface area contributed by atoms with E-state index in [-0.39, 0.29) is 13.5 Å². The number of aliphatic hydroxyl groups is 2. The predicted molar refractivity (Wildman–Crippen MR) is 93.3 cm³/mol. The molecule has 0 aliphatic heterocycles. The van der Waals surface area contributed by atoms with Gasteiger partial charge in [0.1, 0.15) is 13.5 Å². The van der Waals surface area contributed by atoms with Crippen LogP contribution in [0.2, 0.25) is 0 Å².